The van der Waals surface area contributed by atoms with E-state index >= 15 is 0 Å². The molecule has 1 aliphatic rings. The normalized spacial score (nSPS) is 11.6. The molecule has 3 aromatic rings. The van der Waals surface area contributed by atoms with E-state index in [9.17, 15) is 0 Å². The summed E-state index contributed by atoms with van der Waals surface area (Å²) in [6, 6.07) is 19.6. The van der Waals surface area contributed by atoms with Gasteiger partial charge in [0.15, 0.2) is 0 Å². The van der Waals surface area contributed by atoms with Crippen molar-refractivity contribution in [2.75, 3.05) is 12.4 Å². The van der Waals surface area contributed by atoms with Crippen LogP contribution in [0.5, 0.6) is 0 Å². The Balaban J connectivity index is 2.27. The maximum atomic E-state index is 3.31. The lowest BCUT2D eigenvalue weighted by molar-refractivity contribution is 1.53. The number of nitrogens with one attached hydrogen (secondary N) is 1. The predicted molar refractivity (Wildman–Crippen MR) is 77.9 cm³/mol. The third-order valence-corrected chi connectivity index (χ3v) is 3.80. The number of rotatable bonds is 1. The molecular weight excluding hydrogens is 218 g/mol. The molecule has 1 aliphatic carbocycles. The molecule has 0 radical (unpaired) electrons. The standard InChI is InChI=1S/C17H13N/c1-18-15-10-9-11-5-4-8-13-12-6-2-3-7-14(12)17(15)16(11)13/h2-10,18H,1H3. The second kappa shape index (κ2) is 3.36. The van der Waals surface area contributed by atoms with E-state index in [4.69, 9.17) is 0 Å². The quantitative estimate of drug-likeness (QED) is 0.507. The van der Waals surface area contributed by atoms with Gasteiger partial charge in [0.05, 0.1) is 0 Å². The Morgan fingerprint density at radius 1 is 0.722 bits per heavy atom. The molecule has 0 atom stereocenters. The maximum absolute atomic E-state index is 3.31. The number of benzene rings is 3. The van der Waals surface area contributed by atoms with Gasteiger partial charge in [0.1, 0.15) is 0 Å². The molecule has 3 aromatic carbocycles. The van der Waals surface area contributed by atoms with Crippen LogP contribution in [0.4, 0.5) is 5.69 Å². The molecule has 0 bridgehead atoms. The molecule has 4 rings (SSSR count). The van der Waals surface area contributed by atoms with Crippen molar-refractivity contribution < 1.29 is 0 Å². The van der Waals surface area contributed by atoms with Gasteiger partial charge < -0.3 is 5.32 Å². The van der Waals surface area contributed by atoms with Crippen LogP contribution in [0.2, 0.25) is 0 Å². The van der Waals surface area contributed by atoms with Crippen molar-refractivity contribution >= 4 is 16.5 Å². The number of hydrogen-bond acceptors (Lipinski definition) is 1. The van der Waals surface area contributed by atoms with Crippen LogP contribution in [-0.4, -0.2) is 7.05 Å². The second-order valence-electron chi connectivity index (χ2n) is 4.69. The number of hydrogen-bond donors (Lipinski definition) is 1. The molecule has 1 heteroatoms. The van der Waals surface area contributed by atoms with Crippen molar-refractivity contribution in [2.24, 2.45) is 0 Å². The van der Waals surface area contributed by atoms with E-state index in [-0.39, 0.29) is 0 Å². The van der Waals surface area contributed by atoms with Gasteiger partial charge in [-0.1, -0.05) is 48.5 Å². The van der Waals surface area contributed by atoms with Gasteiger partial charge in [0.2, 0.25) is 0 Å². The van der Waals surface area contributed by atoms with Crippen molar-refractivity contribution in [3.63, 3.8) is 0 Å². The first-order chi connectivity index (χ1) is 8.90. The summed E-state index contributed by atoms with van der Waals surface area (Å²) < 4.78 is 0. The van der Waals surface area contributed by atoms with Crippen molar-refractivity contribution in [1.82, 2.24) is 0 Å². The third-order valence-electron chi connectivity index (χ3n) is 3.80. The SMILES string of the molecule is CNc1ccc2cccc3c2c1-c1ccccc1-3. The molecule has 0 saturated carbocycles. The van der Waals surface area contributed by atoms with E-state index in [0.29, 0.717) is 0 Å². The van der Waals surface area contributed by atoms with Crippen LogP contribution in [-0.2, 0) is 0 Å². The summed E-state index contributed by atoms with van der Waals surface area (Å²) in [5, 5.41) is 6.01. The zero-order chi connectivity index (χ0) is 12.1. The molecule has 0 amide bonds. The lowest BCUT2D eigenvalue weighted by Gasteiger charge is -2.09. The van der Waals surface area contributed by atoms with E-state index < -0.39 is 0 Å². The average Bonchev–Trinajstić information content (AvgIpc) is 2.77. The first kappa shape index (κ1) is 9.72. The van der Waals surface area contributed by atoms with Gasteiger partial charge in [-0.25, -0.2) is 0 Å². The summed E-state index contributed by atoms with van der Waals surface area (Å²) >= 11 is 0. The molecule has 18 heavy (non-hydrogen) atoms. The summed E-state index contributed by atoms with van der Waals surface area (Å²) in [6.45, 7) is 0. The molecule has 0 fully saturated rings. The number of anilines is 1. The summed E-state index contributed by atoms with van der Waals surface area (Å²) in [4.78, 5) is 0. The molecule has 0 unspecified atom stereocenters. The van der Waals surface area contributed by atoms with Crippen LogP contribution < -0.4 is 5.32 Å². The van der Waals surface area contributed by atoms with Crippen molar-refractivity contribution in [3.8, 4) is 22.3 Å². The Morgan fingerprint density at radius 3 is 2.33 bits per heavy atom. The molecule has 0 aliphatic heterocycles. The molecule has 86 valence electrons. The Kier molecular flexibility index (Phi) is 1.81. The van der Waals surface area contributed by atoms with Gasteiger partial charge in [-0.3, -0.25) is 0 Å². The minimum Gasteiger partial charge on any atom is -0.388 e. The Hall–Kier alpha value is -2.28. The first-order valence-corrected chi connectivity index (χ1v) is 6.23. The zero-order valence-electron chi connectivity index (χ0n) is 10.2. The van der Waals surface area contributed by atoms with Gasteiger partial charge in [-0.05, 0) is 33.5 Å². The fraction of sp³-hybridized carbons (Fsp3) is 0.0588. The monoisotopic (exact) mass is 231 g/mol. The van der Waals surface area contributed by atoms with E-state index in [1.165, 1.54) is 38.7 Å². The largest absolute Gasteiger partial charge is 0.388 e. The van der Waals surface area contributed by atoms with Gasteiger partial charge in [0.25, 0.3) is 0 Å². The fourth-order valence-corrected chi connectivity index (χ4v) is 3.03. The molecular formula is C17H13N. The molecule has 1 N–H and O–H groups in total. The number of fused-ring (bicyclic) bond motifs is 3. The first-order valence-electron chi connectivity index (χ1n) is 6.23. The Labute approximate surface area is 106 Å². The molecule has 0 aromatic heterocycles. The lowest BCUT2D eigenvalue weighted by atomic mass is 10.0. The van der Waals surface area contributed by atoms with Crippen LogP contribution in [0.15, 0.2) is 54.6 Å². The Bertz CT molecular complexity index is 772. The van der Waals surface area contributed by atoms with Crippen LogP contribution in [0.1, 0.15) is 0 Å². The summed E-state index contributed by atoms with van der Waals surface area (Å²) in [5.41, 5.74) is 6.60. The second-order valence-corrected chi connectivity index (χ2v) is 4.69. The lowest BCUT2D eigenvalue weighted by Crippen LogP contribution is -1.90. The zero-order valence-corrected chi connectivity index (χ0v) is 10.2. The van der Waals surface area contributed by atoms with Crippen LogP contribution in [0, 0.1) is 0 Å². The van der Waals surface area contributed by atoms with Gasteiger partial charge in [-0.2, -0.15) is 0 Å². The average molecular weight is 231 g/mol. The molecule has 1 nitrogen and oxygen atoms in total. The van der Waals surface area contributed by atoms with Crippen LogP contribution >= 0.6 is 0 Å². The van der Waals surface area contributed by atoms with E-state index in [0.717, 1.165) is 0 Å². The summed E-state index contributed by atoms with van der Waals surface area (Å²) in [5.74, 6) is 0. The highest BCUT2D eigenvalue weighted by Crippen LogP contribution is 2.49. The highest BCUT2D eigenvalue weighted by molar-refractivity contribution is 6.18. The van der Waals surface area contributed by atoms with Crippen LogP contribution in [0.3, 0.4) is 0 Å². The van der Waals surface area contributed by atoms with Gasteiger partial charge in [-0.15, -0.1) is 0 Å². The summed E-state index contributed by atoms with van der Waals surface area (Å²) in [7, 11) is 1.99. The van der Waals surface area contributed by atoms with Gasteiger partial charge >= 0.3 is 0 Å². The van der Waals surface area contributed by atoms with Gasteiger partial charge in [0, 0.05) is 18.3 Å². The van der Waals surface area contributed by atoms with E-state index in [1.807, 2.05) is 7.05 Å². The predicted octanol–water partition coefficient (Wildman–Crippen LogP) is 4.53. The topological polar surface area (TPSA) is 12.0 Å². The Morgan fingerprint density at radius 2 is 1.50 bits per heavy atom. The van der Waals surface area contributed by atoms with Crippen molar-refractivity contribution in [3.05, 3.63) is 54.6 Å². The summed E-state index contributed by atoms with van der Waals surface area (Å²) in [6.07, 6.45) is 0. The highest BCUT2D eigenvalue weighted by atomic mass is 14.8. The third kappa shape index (κ3) is 1.06. The smallest absolute Gasteiger partial charge is 0.0424 e. The van der Waals surface area contributed by atoms with Crippen molar-refractivity contribution in [2.45, 2.75) is 0 Å². The molecule has 0 saturated heterocycles. The maximum Gasteiger partial charge on any atom is 0.0424 e. The van der Waals surface area contributed by atoms with E-state index in [1.54, 1.807) is 0 Å². The molecule has 0 spiro atoms. The van der Waals surface area contributed by atoms with Crippen molar-refractivity contribution in [1.29, 1.82) is 0 Å². The molecule has 0 heterocycles. The highest BCUT2D eigenvalue weighted by Gasteiger charge is 2.22. The van der Waals surface area contributed by atoms with E-state index in [2.05, 4.69) is 59.9 Å². The minimum absolute atomic E-state index is 1.21. The van der Waals surface area contributed by atoms with Crippen LogP contribution in [0.25, 0.3) is 33.0 Å². The minimum atomic E-state index is 1.21. The fourth-order valence-electron chi connectivity index (χ4n) is 3.03.